The maximum Gasteiger partial charge on any atom is 0.238 e. The van der Waals surface area contributed by atoms with Gasteiger partial charge in [0.2, 0.25) is 17.5 Å². The van der Waals surface area contributed by atoms with Crippen LogP contribution in [-0.2, 0) is 14.3 Å². The Bertz CT molecular complexity index is 817. The third kappa shape index (κ3) is 2.78. The van der Waals surface area contributed by atoms with Gasteiger partial charge in [-0.05, 0) is 30.2 Å². The summed E-state index contributed by atoms with van der Waals surface area (Å²) in [4.78, 5) is 36.8. The van der Waals surface area contributed by atoms with Crippen LogP contribution in [0.1, 0.15) is 12.8 Å². The molecule has 2 aliphatic rings. The number of hydrogen-bond acceptors (Lipinski definition) is 7. The molecule has 1 unspecified atom stereocenters. The fraction of sp³-hybridized carbons (Fsp3) is 0.533. The number of ether oxygens (including phenoxy) is 1. The summed E-state index contributed by atoms with van der Waals surface area (Å²) in [6, 6.07) is 3.55. The molecule has 1 aliphatic heterocycles. The Hall–Kier alpha value is -2.75. The molecular weight excluding hydrogens is 328 g/mol. The second-order valence-corrected chi connectivity index (χ2v) is 6.29. The Morgan fingerprint density at radius 3 is 3.04 bits per heavy atom. The van der Waals surface area contributed by atoms with Gasteiger partial charge in [-0.2, -0.15) is 0 Å². The Balaban J connectivity index is 1.39. The monoisotopic (exact) mass is 346 g/mol. The number of hydrogen-bond donors (Lipinski definition) is 1. The van der Waals surface area contributed by atoms with E-state index in [4.69, 9.17) is 15.3 Å². The average molecular weight is 346 g/mol. The van der Waals surface area contributed by atoms with E-state index in [2.05, 4.69) is 15.3 Å². The molecule has 0 aromatic carbocycles. The molecule has 1 aliphatic carbocycles. The Labute approximate surface area is 142 Å². The average Bonchev–Trinajstić information content (AvgIpc) is 3.35. The largest absolute Gasteiger partial charge is 0.391 e. The van der Waals surface area contributed by atoms with Crippen LogP contribution >= 0.6 is 0 Å². The summed E-state index contributed by atoms with van der Waals surface area (Å²) >= 11 is 0. The predicted octanol–water partition coefficient (Wildman–Crippen LogP) is -1.25. The van der Waals surface area contributed by atoms with Gasteiger partial charge in [-0.3, -0.25) is 9.59 Å². The van der Waals surface area contributed by atoms with Crippen LogP contribution in [0, 0.1) is 5.41 Å². The van der Waals surface area contributed by atoms with Crippen LogP contribution < -0.4 is 10.6 Å². The van der Waals surface area contributed by atoms with E-state index < -0.39 is 11.3 Å². The Kier molecular flexibility index (Phi) is 3.75. The Morgan fingerprint density at radius 2 is 2.28 bits per heavy atom. The van der Waals surface area contributed by atoms with Crippen LogP contribution in [-0.4, -0.2) is 69.3 Å². The minimum Gasteiger partial charge on any atom is -0.391 e. The van der Waals surface area contributed by atoms with E-state index in [1.165, 1.54) is 4.85 Å². The molecule has 2 aromatic heterocycles. The van der Waals surface area contributed by atoms with Gasteiger partial charge in [0.15, 0.2) is 0 Å². The topological polar surface area (TPSA) is 125 Å². The molecule has 0 bridgehead atoms. The van der Waals surface area contributed by atoms with Crippen LogP contribution in [0.5, 0.6) is 0 Å². The number of pyridine rings is 1. The maximum absolute atomic E-state index is 12.6. The van der Waals surface area contributed by atoms with E-state index in [0.29, 0.717) is 43.7 Å². The number of nitrogens with zero attached hydrogens (tertiary/aromatic N) is 5. The zero-order valence-electron chi connectivity index (χ0n) is 13.5. The number of primary amides is 1. The first kappa shape index (κ1) is 15.8. The van der Waals surface area contributed by atoms with Crippen LogP contribution in [0.2, 0.25) is 0 Å². The maximum atomic E-state index is 12.6. The van der Waals surface area contributed by atoms with Gasteiger partial charge < -0.3 is 20.2 Å². The minimum absolute atomic E-state index is 0.183. The number of nitrogens with two attached hydrogens (primary N) is 1. The third-order valence-corrected chi connectivity index (χ3v) is 4.62. The van der Waals surface area contributed by atoms with Crippen molar-refractivity contribution in [2.24, 2.45) is 11.1 Å². The van der Waals surface area contributed by atoms with Gasteiger partial charge in [-0.25, -0.2) is 4.98 Å². The molecule has 0 radical (unpaired) electrons. The SMILES string of the molecule is NC(=O)C1(C(=O)N2CCOC(COn3nnc4cccnc43)C2)CC1. The van der Waals surface area contributed by atoms with Crippen molar-refractivity contribution in [3.05, 3.63) is 18.3 Å². The molecule has 132 valence electrons. The molecule has 10 nitrogen and oxygen atoms in total. The normalized spacial score (nSPS) is 21.9. The number of amides is 2. The van der Waals surface area contributed by atoms with Crippen molar-refractivity contribution in [2.75, 3.05) is 26.3 Å². The van der Waals surface area contributed by atoms with Crippen molar-refractivity contribution in [1.82, 2.24) is 25.0 Å². The molecule has 2 fully saturated rings. The van der Waals surface area contributed by atoms with Gasteiger partial charge in [-0.15, -0.1) is 5.10 Å². The summed E-state index contributed by atoms with van der Waals surface area (Å²) in [6.45, 7) is 1.35. The van der Waals surface area contributed by atoms with Crippen molar-refractivity contribution >= 4 is 23.0 Å². The minimum atomic E-state index is -1.01. The summed E-state index contributed by atoms with van der Waals surface area (Å²) in [5.74, 6) is -0.752. The quantitative estimate of drug-likeness (QED) is 0.670. The molecule has 1 saturated heterocycles. The van der Waals surface area contributed by atoms with Crippen molar-refractivity contribution in [3.63, 3.8) is 0 Å². The highest BCUT2D eigenvalue weighted by molar-refractivity contribution is 6.07. The number of fused-ring (bicyclic) bond motifs is 1. The van der Waals surface area contributed by atoms with Gasteiger partial charge in [0.05, 0.1) is 13.2 Å². The first-order chi connectivity index (χ1) is 12.1. The van der Waals surface area contributed by atoms with Gasteiger partial charge in [0.1, 0.15) is 23.6 Å². The van der Waals surface area contributed by atoms with E-state index in [0.717, 1.165) is 0 Å². The highest BCUT2D eigenvalue weighted by atomic mass is 16.7. The number of carbonyl (C=O) groups excluding carboxylic acids is 2. The van der Waals surface area contributed by atoms with Gasteiger partial charge >= 0.3 is 0 Å². The van der Waals surface area contributed by atoms with Crippen LogP contribution in [0.4, 0.5) is 0 Å². The fourth-order valence-corrected chi connectivity index (χ4v) is 2.98. The van der Waals surface area contributed by atoms with E-state index >= 15 is 0 Å². The molecular formula is C15H18N6O4. The summed E-state index contributed by atoms with van der Waals surface area (Å²) in [5.41, 5.74) is 5.51. The van der Waals surface area contributed by atoms with Gasteiger partial charge in [-0.1, -0.05) is 4.85 Å². The number of rotatable bonds is 5. The first-order valence-corrected chi connectivity index (χ1v) is 8.11. The second-order valence-electron chi connectivity index (χ2n) is 6.29. The first-order valence-electron chi connectivity index (χ1n) is 8.11. The fourth-order valence-electron chi connectivity index (χ4n) is 2.98. The third-order valence-electron chi connectivity index (χ3n) is 4.62. The lowest BCUT2D eigenvalue weighted by molar-refractivity contribution is -0.151. The van der Waals surface area contributed by atoms with Gasteiger partial charge in [0.25, 0.3) is 0 Å². The molecule has 3 heterocycles. The molecule has 2 aromatic rings. The molecule has 0 spiro atoms. The lowest BCUT2D eigenvalue weighted by Crippen LogP contribution is -2.52. The highest BCUT2D eigenvalue weighted by Crippen LogP contribution is 2.47. The number of carbonyl (C=O) groups is 2. The van der Waals surface area contributed by atoms with Crippen LogP contribution in [0.3, 0.4) is 0 Å². The standard InChI is InChI=1S/C15H18N6O4/c16-13(22)15(3-4-15)14(23)20-6-7-24-10(8-20)9-25-21-12-11(18-19-21)2-1-5-17-12/h1-2,5,10H,3-4,6-9H2,(H2,16,22). The molecule has 10 heteroatoms. The van der Waals surface area contributed by atoms with E-state index in [-0.39, 0.29) is 18.6 Å². The van der Waals surface area contributed by atoms with Crippen LogP contribution in [0.15, 0.2) is 18.3 Å². The molecule has 4 rings (SSSR count). The second kappa shape index (κ2) is 5.96. The van der Waals surface area contributed by atoms with E-state index in [9.17, 15) is 9.59 Å². The number of morpholine rings is 1. The summed E-state index contributed by atoms with van der Waals surface area (Å²) in [6.07, 6.45) is 2.35. The molecule has 2 N–H and O–H groups in total. The lowest BCUT2D eigenvalue weighted by atomic mass is 10.0. The molecule has 1 saturated carbocycles. The molecule has 2 amide bonds. The summed E-state index contributed by atoms with van der Waals surface area (Å²) < 4.78 is 5.65. The van der Waals surface area contributed by atoms with Crippen molar-refractivity contribution in [3.8, 4) is 0 Å². The smallest absolute Gasteiger partial charge is 0.238 e. The highest BCUT2D eigenvalue weighted by Gasteiger charge is 2.57. The van der Waals surface area contributed by atoms with Crippen molar-refractivity contribution < 1.29 is 19.2 Å². The zero-order chi connectivity index (χ0) is 17.4. The summed E-state index contributed by atoms with van der Waals surface area (Å²) in [7, 11) is 0. The van der Waals surface area contributed by atoms with E-state index in [1.54, 1.807) is 23.2 Å². The molecule has 25 heavy (non-hydrogen) atoms. The van der Waals surface area contributed by atoms with Crippen LogP contribution in [0.25, 0.3) is 11.2 Å². The summed E-state index contributed by atoms with van der Waals surface area (Å²) in [5, 5.41) is 7.85. The van der Waals surface area contributed by atoms with Crippen molar-refractivity contribution in [2.45, 2.75) is 18.9 Å². The van der Waals surface area contributed by atoms with Gasteiger partial charge in [0, 0.05) is 12.7 Å². The molecule has 1 atom stereocenters. The number of aromatic nitrogens is 4. The lowest BCUT2D eigenvalue weighted by Gasteiger charge is -2.34. The van der Waals surface area contributed by atoms with Crippen molar-refractivity contribution in [1.29, 1.82) is 0 Å². The predicted molar refractivity (Wildman–Crippen MR) is 84.0 cm³/mol. The Morgan fingerprint density at radius 1 is 1.44 bits per heavy atom. The zero-order valence-corrected chi connectivity index (χ0v) is 13.5. The van der Waals surface area contributed by atoms with E-state index in [1.807, 2.05) is 0 Å².